The lowest BCUT2D eigenvalue weighted by molar-refractivity contribution is -0.137. The quantitative estimate of drug-likeness (QED) is 0.833. The van der Waals surface area contributed by atoms with E-state index in [0.717, 1.165) is 31.7 Å². The number of amides is 1. The normalized spacial score (nSPS) is 36.9. The molecule has 0 radical (unpaired) electrons. The fourth-order valence-electron chi connectivity index (χ4n) is 4.58. The summed E-state index contributed by atoms with van der Waals surface area (Å²) in [6.45, 7) is 0.989. The van der Waals surface area contributed by atoms with E-state index >= 15 is 0 Å². The molecule has 0 aromatic heterocycles. The molecule has 108 valence electrons. The van der Waals surface area contributed by atoms with Gasteiger partial charge in [-0.15, -0.1) is 0 Å². The second-order valence-electron chi connectivity index (χ2n) is 6.84. The molecule has 0 aromatic rings. The van der Waals surface area contributed by atoms with Crippen LogP contribution in [0, 0.1) is 11.8 Å². The summed E-state index contributed by atoms with van der Waals surface area (Å²) in [6, 6.07) is 0.667. The molecule has 19 heavy (non-hydrogen) atoms. The third-order valence-electron chi connectivity index (χ3n) is 5.66. The van der Waals surface area contributed by atoms with Crippen LogP contribution in [-0.4, -0.2) is 29.4 Å². The van der Waals surface area contributed by atoms with Crippen LogP contribution < -0.4 is 5.73 Å². The van der Waals surface area contributed by atoms with Gasteiger partial charge >= 0.3 is 0 Å². The minimum Gasteiger partial charge on any atom is -0.339 e. The zero-order chi connectivity index (χ0) is 13.2. The maximum Gasteiger partial charge on any atom is 0.227 e. The van der Waals surface area contributed by atoms with Crippen LogP contribution in [0.25, 0.3) is 0 Å². The first-order chi connectivity index (χ1) is 9.27. The minimum absolute atomic E-state index is 0.125. The van der Waals surface area contributed by atoms with E-state index < -0.39 is 0 Å². The van der Waals surface area contributed by atoms with Gasteiger partial charge in [0.2, 0.25) is 5.91 Å². The molecule has 0 aromatic carbocycles. The van der Waals surface area contributed by atoms with Crippen molar-refractivity contribution in [2.75, 3.05) is 6.54 Å². The molecule has 2 aliphatic carbocycles. The highest BCUT2D eigenvalue weighted by Gasteiger charge is 2.40. The van der Waals surface area contributed by atoms with Gasteiger partial charge in [0, 0.05) is 18.6 Å². The van der Waals surface area contributed by atoms with E-state index in [0.29, 0.717) is 11.9 Å². The van der Waals surface area contributed by atoms with Crippen molar-refractivity contribution in [3.8, 4) is 0 Å². The first-order valence-electron chi connectivity index (χ1n) is 8.33. The van der Waals surface area contributed by atoms with E-state index in [1.165, 1.54) is 44.9 Å². The Kier molecular flexibility index (Phi) is 4.11. The Labute approximate surface area is 116 Å². The molecule has 2 saturated carbocycles. The Hall–Kier alpha value is -0.570. The number of likely N-dealkylation sites (tertiary alicyclic amines) is 1. The fraction of sp³-hybridized carbons (Fsp3) is 0.938. The molecule has 1 heterocycles. The number of hydrogen-bond acceptors (Lipinski definition) is 2. The van der Waals surface area contributed by atoms with Crippen molar-refractivity contribution in [2.45, 2.75) is 76.3 Å². The van der Waals surface area contributed by atoms with Gasteiger partial charge in [0.15, 0.2) is 0 Å². The first-order valence-corrected chi connectivity index (χ1v) is 8.33. The van der Waals surface area contributed by atoms with Crippen LogP contribution in [0.2, 0.25) is 0 Å². The second kappa shape index (κ2) is 5.82. The van der Waals surface area contributed by atoms with Crippen LogP contribution in [0.3, 0.4) is 0 Å². The van der Waals surface area contributed by atoms with Crippen molar-refractivity contribution in [1.29, 1.82) is 0 Å². The van der Waals surface area contributed by atoms with Gasteiger partial charge in [-0.1, -0.05) is 25.7 Å². The average Bonchev–Trinajstić information content (AvgIpc) is 3.07. The maximum absolute atomic E-state index is 12.8. The lowest BCUT2D eigenvalue weighted by Gasteiger charge is -2.36. The summed E-state index contributed by atoms with van der Waals surface area (Å²) >= 11 is 0. The number of nitrogens with two attached hydrogens (primary N) is 1. The van der Waals surface area contributed by atoms with Gasteiger partial charge in [-0.2, -0.15) is 0 Å². The van der Waals surface area contributed by atoms with Crippen molar-refractivity contribution in [3.63, 3.8) is 0 Å². The van der Waals surface area contributed by atoms with Crippen molar-refractivity contribution >= 4 is 5.91 Å². The Bertz CT molecular complexity index is 325. The molecule has 1 aliphatic heterocycles. The molecular formula is C16H28N2O. The summed E-state index contributed by atoms with van der Waals surface area (Å²) < 4.78 is 0. The minimum atomic E-state index is 0.125. The highest BCUT2D eigenvalue weighted by molar-refractivity contribution is 5.80. The molecule has 1 saturated heterocycles. The highest BCUT2D eigenvalue weighted by atomic mass is 16.2. The third-order valence-corrected chi connectivity index (χ3v) is 5.66. The molecule has 3 unspecified atom stereocenters. The Morgan fingerprint density at radius 1 is 0.895 bits per heavy atom. The van der Waals surface area contributed by atoms with E-state index in [-0.39, 0.29) is 12.0 Å². The second-order valence-corrected chi connectivity index (χ2v) is 6.84. The summed E-state index contributed by atoms with van der Waals surface area (Å²) in [7, 11) is 0. The van der Waals surface area contributed by atoms with Gasteiger partial charge in [-0.05, 0) is 44.4 Å². The standard InChI is InChI=1S/C16H28N2O/c17-14-9-4-8-13(14)16(19)18-11-5-10-15(18)12-6-2-1-3-7-12/h12-15H,1-11,17H2. The third kappa shape index (κ3) is 2.67. The number of hydrogen-bond donors (Lipinski definition) is 1. The van der Waals surface area contributed by atoms with Crippen LogP contribution in [0.4, 0.5) is 0 Å². The van der Waals surface area contributed by atoms with Crippen molar-refractivity contribution in [3.05, 3.63) is 0 Å². The van der Waals surface area contributed by atoms with Crippen molar-refractivity contribution < 1.29 is 4.79 Å². The van der Waals surface area contributed by atoms with E-state index in [4.69, 9.17) is 5.73 Å². The molecule has 3 nitrogen and oxygen atoms in total. The number of rotatable bonds is 2. The van der Waals surface area contributed by atoms with Crippen LogP contribution in [0.15, 0.2) is 0 Å². The highest BCUT2D eigenvalue weighted by Crippen LogP contribution is 2.36. The van der Waals surface area contributed by atoms with Crippen LogP contribution >= 0.6 is 0 Å². The van der Waals surface area contributed by atoms with Gasteiger partial charge in [0.1, 0.15) is 0 Å². The van der Waals surface area contributed by atoms with Crippen LogP contribution in [0.1, 0.15) is 64.2 Å². The molecule has 3 atom stereocenters. The number of carbonyl (C=O) groups is 1. The predicted octanol–water partition coefficient (Wildman–Crippen LogP) is 2.69. The topological polar surface area (TPSA) is 46.3 Å². The van der Waals surface area contributed by atoms with Crippen molar-refractivity contribution in [1.82, 2.24) is 4.90 Å². The maximum atomic E-state index is 12.8. The van der Waals surface area contributed by atoms with Crippen LogP contribution in [0.5, 0.6) is 0 Å². The molecule has 3 rings (SSSR count). The Morgan fingerprint density at radius 3 is 2.37 bits per heavy atom. The molecule has 3 heteroatoms. The summed E-state index contributed by atoms with van der Waals surface area (Å²) in [5.41, 5.74) is 6.12. The fourth-order valence-corrected chi connectivity index (χ4v) is 4.58. The van der Waals surface area contributed by atoms with Crippen LogP contribution in [-0.2, 0) is 4.79 Å². The molecule has 0 bridgehead atoms. The van der Waals surface area contributed by atoms with Gasteiger partial charge in [-0.25, -0.2) is 0 Å². The molecule has 3 aliphatic rings. The van der Waals surface area contributed by atoms with E-state index in [2.05, 4.69) is 4.90 Å². The Balaban J connectivity index is 1.66. The van der Waals surface area contributed by atoms with Gasteiger partial charge < -0.3 is 10.6 Å². The SMILES string of the molecule is NC1CCCC1C(=O)N1CCCC1C1CCCCC1. The molecule has 2 N–H and O–H groups in total. The zero-order valence-corrected chi connectivity index (χ0v) is 12.0. The van der Waals surface area contributed by atoms with Gasteiger partial charge in [0.25, 0.3) is 0 Å². The lowest BCUT2D eigenvalue weighted by Crippen LogP contribution is -2.46. The Morgan fingerprint density at radius 2 is 1.68 bits per heavy atom. The average molecular weight is 264 g/mol. The van der Waals surface area contributed by atoms with Gasteiger partial charge in [0.05, 0.1) is 5.92 Å². The van der Waals surface area contributed by atoms with E-state index in [1.807, 2.05) is 0 Å². The summed E-state index contributed by atoms with van der Waals surface area (Å²) in [6.07, 6.45) is 12.4. The monoisotopic (exact) mass is 264 g/mol. The van der Waals surface area contributed by atoms with E-state index in [1.54, 1.807) is 0 Å². The molecule has 3 fully saturated rings. The summed E-state index contributed by atoms with van der Waals surface area (Å²) in [4.78, 5) is 15.0. The van der Waals surface area contributed by atoms with Crippen molar-refractivity contribution in [2.24, 2.45) is 17.6 Å². The molecule has 1 amide bonds. The largest absolute Gasteiger partial charge is 0.339 e. The zero-order valence-electron chi connectivity index (χ0n) is 12.0. The number of carbonyl (C=O) groups excluding carboxylic acids is 1. The lowest BCUT2D eigenvalue weighted by atomic mass is 9.82. The predicted molar refractivity (Wildman–Crippen MR) is 76.6 cm³/mol. The summed E-state index contributed by atoms with van der Waals surface area (Å²) in [5.74, 6) is 1.29. The van der Waals surface area contributed by atoms with Gasteiger partial charge in [-0.3, -0.25) is 4.79 Å². The molecular weight excluding hydrogens is 236 g/mol. The number of nitrogens with zero attached hydrogens (tertiary/aromatic N) is 1. The summed E-state index contributed by atoms with van der Waals surface area (Å²) in [5, 5.41) is 0. The van der Waals surface area contributed by atoms with E-state index in [9.17, 15) is 4.79 Å². The first kappa shape index (κ1) is 13.4. The smallest absolute Gasteiger partial charge is 0.227 e. The molecule has 0 spiro atoms.